The lowest BCUT2D eigenvalue weighted by atomic mass is 9.96. The third kappa shape index (κ3) is 2.48. The summed E-state index contributed by atoms with van der Waals surface area (Å²) in [6.07, 6.45) is 8.66. The molecule has 0 radical (unpaired) electrons. The second-order valence-corrected chi connectivity index (χ2v) is 7.14. The third-order valence-electron chi connectivity index (χ3n) is 5.70. The molecule has 2 saturated carbocycles. The zero-order valence-corrected chi connectivity index (χ0v) is 12.8. The first-order valence-corrected chi connectivity index (χ1v) is 8.34. The maximum absolute atomic E-state index is 11.8. The van der Waals surface area contributed by atoms with Gasteiger partial charge >= 0.3 is 5.97 Å². The number of carboxylic acids is 1. The molecule has 2 aliphatic carbocycles. The molecule has 0 spiro atoms. The van der Waals surface area contributed by atoms with E-state index in [9.17, 15) is 9.90 Å². The number of likely N-dealkylation sites (tertiary alicyclic amines) is 1. The topological polar surface area (TPSA) is 52.6 Å². The van der Waals surface area contributed by atoms with Crippen LogP contribution < -0.4 is 5.32 Å². The molecule has 0 aromatic carbocycles. The van der Waals surface area contributed by atoms with E-state index in [1.54, 1.807) is 0 Å². The van der Waals surface area contributed by atoms with Gasteiger partial charge in [-0.1, -0.05) is 6.92 Å². The molecule has 4 nitrogen and oxygen atoms in total. The van der Waals surface area contributed by atoms with E-state index < -0.39 is 11.5 Å². The van der Waals surface area contributed by atoms with Crippen molar-refractivity contribution in [2.75, 3.05) is 0 Å². The Kier molecular flexibility index (Phi) is 3.80. The summed E-state index contributed by atoms with van der Waals surface area (Å²) in [5.41, 5.74) is -0.646. The fraction of sp³-hybridized carbons (Fsp3) is 0.938. The minimum atomic E-state index is -0.646. The van der Waals surface area contributed by atoms with E-state index in [4.69, 9.17) is 0 Å². The Bertz CT molecular complexity index is 383. The highest BCUT2D eigenvalue weighted by Crippen LogP contribution is 2.41. The largest absolute Gasteiger partial charge is 0.480 e. The molecule has 3 rings (SSSR count). The summed E-state index contributed by atoms with van der Waals surface area (Å²) in [7, 11) is 0. The number of carboxylic acid groups (broad SMARTS) is 1. The molecular weight excluding hydrogens is 252 g/mol. The highest BCUT2D eigenvalue weighted by molar-refractivity contribution is 5.79. The lowest BCUT2D eigenvalue weighted by Crippen LogP contribution is -2.53. The molecule has 1 saturated heterocycles. The molecule has 0 aromatic heterocycles. The second-order valence-electron chi connectivity index (χ2n) is 7.14. The molecular formula is C16H28N2O2. The molecule has 1 heterocycles. The summed E-state index contributed by atoms with van der Waals surface area (Å²) in [4.78, 5) is 14.4. The average Bonchev–Trinajstić information content (AvgIpc) is 2.98. The van der Waals surface area contributed by atoms with Crippen molar-refractivity contribution in [2.45, 2.75) is 94.9 Å². The molecule has 1 aliphatic heterocycles. The fourth-order valence-corrected chi connectivity index (χ4v) is 4.44. The summed E-state index contributed by atoms with van der Waals surface area (Å²) in [5, 5.41) is 13.1. The van der Waals surface area contributed by atoms with Gasteiger partial charge in [-0.15, -0.1) is 0 Å². The zero-order valence-electron chi connectivity index (χ0n) is 12.8. The van der Waals surface area contributed by atoms with E-state index in [1.807, 2.05) is 0 Å². The number of nitrogens with zero attached hydrogens (tertiary/aromatic N) is 1. The number of hydrogen-bond donors (Lipinski definition) is 2. The van der Waals surface area contributed by atoms with Gasteiger partial charge in [-0.05, 0) is 58.3 Å². The van der Waals surface area contributed by atoms with E-state index in [0.717, 1.165) is 32.1 Å². The first kappa shape index (κ1) is 14.3. The number of rotatable bonds is 5. The van der Waals surface area contributed by atoms with Gasteiger partial charge < -0.3 is 5.11 Å². The summed E-state index contributed by atoms with van der Waals surface area (Å²) >= 11 is 0. The van der Waals surface area contributed by atoms with Crippen molar-refractivity contribution in [1.29, 1.82) is 0 Å². The molecule has 0 bridgehead atoms. The molecule has 0 amide bonds. The van der Waals surface area contributed by atoms with E-state index in [0.29, 0.717) is 24.2 Å². The van der Waals surface area contributed by atoms with Crippen molar-refractivity contribution in [3.63, 3.8) is 0 Å². The predicted octanol–water partition coefficient (Wildman–Crippen LogP) is 2.38. The maximum atomic E-state index is 11.8. The number of hydrogen-bond acceptors (Lipinski definition) is 3. The van der Waals surface area contributed by atoms with Crippen LogP contribution in [0.2, 0.25) is 0 Å². The van der Waals surface area contributed by atoms with E-state index in [2.05, 4.69) is 24.1 Å². The van der Waals surface area contributed by atoms with Gasteiger partial charge in [0.05, 0.1) is 0 Å². The fourth-order valence-electron chi connectivity index (χ4n) is 4.44. The van der Waals surface area contributed by atoms with E-state index in [-0.39, 0.29) is 0 Å². The van der Waals surface area contributed by atoms with Crippen LogP contribution in [0.15, 0.2) is 0 Å². The quantitative estimate of drug-likeness (QED) is 0.812. The minimum Gasteiger partial charge on any atom is -0.480 e. The number of carbonyl (C=O) groups is 1. The van der Waals surface area contributed by atoms with Crippen LogP contribution in [0.1, 0.15) is 65.2 Å². The second kappa shape index (κ2) is 5.30. The van der Waals surface area contributed by atoms with Gasteiger partial charge in [0.2, 0.25) is 0 Å². The Balaban J connectivity index is 1.72. The first-order chi connectivity index (χ1) is 9.55. The van der Waals surface area contributed by atoms with Gasteiger partial charge in [-0.2, -0.15) is 0 Å². The summed E-state index contributed by atoms with van der Waals surface area (Å²) in [5.74, 6) is -0.633. The zero-order chi connectivity index (χ0) is 14.3. The van der Waals surface area contributed by atoms with Crippen LogP contribution in [-0.2, 0) is 4.79 Å². The van der Waals surface area contributed by atoms with Crippen molar-refractivity contribution < 1.29 is 9.90 Å². The van der Waals surface area contributed by atoms with Crippen molar-refractivity contribution in [3.05, 3.63) is 0 Å². The van der Waals surface area contributed by atoms with Crippen molar-refractivity contribution in [2.24, 2.45) is 0 Å². The first-order valence-electron chi connectivity index (χ1n) is 8.34. The lowest BCUT2D eigenvalue weighted by molar-refractivity contribution is -0.145. The molecule has 2 N–H and O–H groups in total. The predicted molar refractivity (Wildman–Crippen MR) is 78.8 cm³/mol. The van der Waals surface area contributed by atoms with Crippen molar-refractivity contribution >= 4 is 5.97 Å². The van der Waals surface area contributed by atoms with Crippen LogP contribution in [0.5, 0.6) is 0 Å². The Morgan fingerprint density at radius 3 is 2.65 bits per heavy atom. The van der Waals surface area contributed by atoms with Crippen molar-refractivity contribution in [3.8, 4) is 0 Å². The van der Waals surface area contributed by atoms with Crippen LogP contribution in [-0.4, -0.2) is 45.7 Å². The van der Waals surface area contributed by atoms with Gasteiger partial charge in [0.15, 0.2) is 0 Å². The maximum Gasteiger partial charge on any atom is 0.323 e. The van der Waals surface area contributed by atoms with Crippen LogP contribution in [0.4, 0.5) is 0 Å². The third-order valence-corrected chi connectivity index (χ3v) is 5.70. The van der Waals surface area contributed by atoms with E-state index in [1.165, 1.54) is 19.3 Å². The minimum absolute atomic E-state index is 0.458. The molecule has 3 aliphatic rings. The normalized spacial score (nSPS) is 42.2. The Labute approximate surface area is 121 Å². The number of nitrogens with one attached hydrogen (secondary N) is 1. The van der Waals surface area contributed by atoms with Gasteiger partial charge in [0.25, 0.3) is 0 Å². The molecule has 4 unspecified atom stereocenters. The molecule has 3 fully saturated rings. The van der Waals surface area contributed by atoms with Crippen LogP contribution in [0, 0.1) is 0 Å². The monoisotopic (exact) mass is 280 g/mol. The van der Waals surface area contributed by atoms with Gasteiger partial charge in [0.1, 0.15) is 5.54 Å². The highest BCUT2D eigenvalue weighted by atomic mass is 16.4. The molecule has 20 heavy (non-hydrogen) atoms. The number of aliphatic carboxylic acids is 1. The molecule has 0 aromatic rings. The Hall–Kier alpha value is -0.610. The highest BCUT2D eigenvalue weighted by Gasteiger charge is 2.51. The lowest BCUT2D eigenvalue weighted by Gasteiger charge is -2.35. The molecule has 4 atom stereocenters. The summed E-state index contributed by atoms with van der Waals surface area (Å²) < 4.78 is 0. The Morgan fingerprint density at radius 2 is 2.05 bits per heavy atom. The van der Waals surface area contributed by atoms with Crippen molar-refractivity contribution in [1.82, 2.24) is 10.2 Å². The van der Waals surface area contributed by atoms with E-state index >= 15 is 0 Å². The van der Waals surface area contributed by atoms with Gasteiger partial charge in [-0.3, -0.25) is 15.0 Å². The standard InChI is InChI=1S/C16H28N2O2/c1-3-13-7-4-11(2)18(13)14-8-9-16(10-14,15(19)20)17-12-5-6-12/h11-14,17H,3-10H2,1-2H3,(H,19,20). The van der Waals surface area contributed by atoms with Gasteiger partial charge in [-0.25, -0.2) is 0 Å². The average molecular weight is 280 g/mol. The molecule has 4 heteroatoms. The van der Waals surface area contributed by atoms with Crippen LogP contribution >= 0.6 is 0 Å². The SMILES string of the molecule is CCC1CCC(C)N1C1CCC(NC2CC2)(C(=O)O)C1. The van der Waals surface area contributed by atoms with Crippen LogP contribution in [0.25, 0.3) is 0 Å². The summed E-state index contributed by atoms with van der Waals surface area (Å²) in [6.45, 7) is 4.57. The molecule has 114 valence electrons. The summed E-state index contributed by atoms with van der Waals surface area (Å²) in [6, 6.07) is 2.21. The van der Waals surface area contributed by atoms with Crippen LogP contribution in [0.3, 0.4) is 0 Å². The smallest absolute Gasteiger partial charge is 0.323 e. The van der Waals surface area contributed by atoms with Gasteiger partial charge in [0, 0.05) is 24.2 Å². The Morgan fingerprint density at radius 1 is 1.30 bits per heavy atom.